The molecule has 5 nitrogen and oxygen atoms in total. The highest BCUT2D eigenvalue weighted by atomic mass is 79.9. The molecule has 0 bridgehead atoms. The highest BCUT2D eigenvalue weighted by molar-refractivity contribution is 9.10. The van der Waals surface area contributed by atoms with Gasteiger partial charge in [0.05, 0.1) is 13.2 Å². The predicted molar refractivity (Wildman–Crippen MR) is 94.2 cm³/mol. The number of carbonyl (C=O) groups is 1. The van der Waals surface area contributed by atoms with Crippen LogP contribution in [0, 0.1) is 5.92 Å². The molecule has 0 aliphatic rings. The lowest BCUT2D eigenvalue weighted by atomic mass is 10.0. The summed E-state index contributed by atoms with van der Waals surface area (Å²) in [4.78, 5) is 11.4. The van der Waals surface area contributed by atoms with Crippen LogP contribution in [0.4, 0.5) is 0 Å². The highest BCUT2D eigenvalue weighted by Gasteiger charge is 2.20. The molecule has 1 aromatic rings. The number of benzene rings is 1. The molecule has 0 amide bonds. The number of carboxylic acid groups (broad SMARTS) is 1. The average Bonchev–Trinajstić information content (AvgIpc) is 2.44. The lowest BCUT2D eigenvalue weighted by Gasteiger charge is -2.21. The quantitative estimate of drug-likeness (QED) is 0.673. The zero-order chi connectivity index (χ0) is 17.6. The Kier molecular flexibility index (Phi) is 7.85. The number of halogens is 1. The molecule has 0 aliphatic carbocycles. The smallest absolute Gasteiger partial charge is 0.320 e. The molecule has 1 aromatic carbocycles. The van der Waals surface area contributed by atoms with Gasteiger partial charge in [-0.3, -0.25) is 4.79 Å². The molecule has 6 heteroatoms. The van der Waals surface area contributed by atoms with E-state index in [0.29, 0.717) is 30.4 Å². The van der Waals surface area contributed by atoms with E-state index in [-0.39, 0.29) is 6.10 Å². The van der Waals surface area contributed by atoms with Gasteiger partial charge in [-0.25, -0.2) is 0 Å². The van der Waals surface area contributed by atoms with E-state index in [0.717, 1.165) is 10.0 Å². The van der Waals surface area contributed by atoms with Gasteiger partial charge in [-0.15, -0.1) is 0 Å². The van der Waals surface area contributed by atoms with Crippen molar-refractivity contribution >= 4 is 21.9 Å². The van der Waals surface area contributed by atoms with Crippen LogP contribution in [0.15, 0.2) is 16.6 Å². The molecule has 0 spiro atoms. The fourth-order valence-electron chi connectivity index (χ4n) is 2.25. The summed E-state index contributed by atoms with van der Waals surface area (Å²) < 4.78 is 12.1. The van der Waals surface area contributed by atoms with E-state index in [1.165, 1.54) is 0 Å². The minimum Gasteiger partial charge on any atom is -0.493 e. The maximum absolute atomic E-state index is 11.4. The minimum absolute atomic E-state index is 0.00485. The van der Waals surface area contributed by atoms with Crippen molar-refractivity contribution in [1.82, 2.24) is 5.32 Å². The molecule has 0 aliphatic heterocycles. The summed E-state index contributed by atoms with van der Waals surface area (Å²) in [5.41, 5.74) is 0.861. The summed E-state index contributed by atoms with van der Waals surface area (Å²) in [5, 5.41) is 12.4. The summed E-state index contributed by atoms with van der Waals surface area (Å²) >= 11 is 3.45. The van der Waals surface area contributed by atoms with E-state index in [9.17, 15) is 9.90 Å². The van der Waals surface area contributed by atoms with E-state index in [4.69, 9.17) is 9.47 Å². The van der Waals surface area contributed by atoms with Crippen molar-refractivity contribution in [3.8, 4) is 11.5 Å². The van der Waals surface area contributed by atoms with Crippen LogP contribution in [0.2, 0.25) is 0 Å². The first-order chi connectivity index (χ1) is 10.7. The molecule has 130 valence electrons. The first-order valence-electron chi connectivity index (χ1n) is 7.73. The Morgan fingerprint density at radius 2 is 1.96 bits per heavy atom. The van der Waals surface area contributed by atoms with Crippen molar-refractivity contribution in [2.45, 2.75) is 52.8 Å². The third kappa shape index (κ3) is 6.39. The number of aliphatic carboxylic acids is 1. The van der Waals surface area contributed by atoms with Crippen molar-refractivity contribution in [2.24, 2.45) is 5.92 Å². The average molecular weight is 388 g/mol. The molecular formula is C17H26BrNO4. The van der Waals surface area contributed by atoms with E-state index in [1.54, 1.807) is 7.11 Å². The van der Waals surface area contributed by atoms with Crippen molar-refractivity contribution in [1.29, 1.82) is 0 Å². The van der Waals surface area contributed by atoms with Crippen molar-refractivity contribution in [2.75, 3.05) is 7.11 Å². The van der Waals surface area contributed by atoms with E-state index < -0.39 is 12.0 Å². The Bertz CT molecular complexity index is 532. The number of methoxy groups -OCH3 is 1. The van der Waals surface area contributed by atoms with Crippen LogP contribution in [0.1, 0.15) is 39.7 Å². The van der Waals surface area contributed by atoms with Crippen LogP contribution in [0.25, 0.3) is 0 Å². The van der Waals surface area contributed by atoms with Gasteiger partial charge in [-0.2, -0.15) is 0 Å². The van der Waals surface area contributed by atoms with Crippen molar-refractivity contribution < 1.29 is 19.4 Å². The van der Waals surface area contributed by atoms with E-state index >= 15 is 0 Å². The molecule has 0 heterocycles. The molecular weight excluding hydrogens is 362 g/mol. The zero-order valence-corrected chi connectivity index (χ0v) is 15.9. The van der Waals surface area contributed by atoms with Gasteiger partial charge < -0.3 is 19.9 Å². The SMILES string of the molecule is COc1cc(Br)cc(CNC(CC(C)C)C(=O)O)c1OC(C)C. The third-order valence-corrected chi connectivity index (χ3v) is 3.67. The number of ether oxygens (including phenoxy) is 2. The number of rotatable bonds is 9. The molecule has 0 radical (unpaired) electrons. The molecule has 0 aromatic heterocycles. The van der Waals surface area contributed by atoms with Gasteiger partial charge in [-0.05, 0) is 38.3 Å². The number of hydrogen-bond donors (Lipinski definition) is 2. The zero-order valence-electron chi connectivity index (χ0n) is 14.4. The Balaban J connectivity index is 3.01. The van der Waals surface area contributed by atoms with Crippen LogP contribution in [-0.4, -0.2) is 30.3 Å². The summed E-state index contributed by atoms with van der Waals surface area (Å²) in [6.07, 6.45) is 0.565. The summed E-state index contributed by atoms with van der Waals surface area (Å²) in [6, 6.07) is 3.16. The second kappa shape index (κ2) is 9.13. The van der Waals surface area contributed by atoms with Gasteiger partial charge in [-0.1, -0.05) is 29.8 Å². The highest BCUT2D eigenvalue weighted by Crippen LogP contribution is 2.35. The van der Waals surface area contributed by atoms with Gasteiger partial charge in [0.2, 0.25) is 0 Å². The Morgan fingerprint density at radius 1 is 1.30 bits per heavy atom. The maximum atomic E-state index is 11.4. The second-order valence-electron chi connectivity index (χ2n) is 6.16. The fourth-order valence-corrected chi connectivity index (χ4v) is 2.74. The third-order valence-electron chi connectivity index (χ3n) is 3.21. The van der Waals surface area contributed by atoms with Gasteiger partial charge in [0.1, 0.15) is 6.04 Å². The monoisotopic (exact) mass is 387 g/mol. The van der Waals surface area contributed by atoms with Gasteiger partial charge in [0.15, 0.2) is 11.5 Å². The summed E-state index contributed by atoms with van der Waals surface area (Å²) in [5.74, 6) is 0.728. The number of hydrogen-bond acceptors (Lipinski definition) is 4. The van der Waals surface area contributed by atoms with E-state index in [1.807, 2.05) is 39.8 Å². The van der Waals surface area contributed by atoms with Gasteiger partial charge in [0, 0.05) is 16.6 Å². The van der Waals surface area contributed by atoms with Gasteiger partial charge >= 0.3 is 5.97 Å². The summed E-state index contributed by atoms with van der Waals surface area (Å²) in [6.45, 7) is 8.29. The molecule has 1 rings (SSSR count). The van der Waals surface area contributed by atoms with Crippen LogP contribution in [0.3, 0.4) is 0 Å². The van der Waals surface area contributed by atoms with E-state index in [2.05, 4.69) is 21.2 Å². The molecule has 23 heavy (non-hydrogen) atoms. The Labute approximate surface area is 146 Å². The Hall–Kier alpha value is -1.27. The summed E-state index contributed by atoms with van der Waals surface area (Å²) in [7, 11) is 1.59. The molecule has 2 N–H and O–H groups in total. The molecule has 0 fully saturated rings. The normalized spacial score (nSPS) is 12.5. The first kappa shape index (κ1) is 19.8. The second-order valence-corrected chi connectivity index (χ2v) is 7.08. The molecule has 0 saturated carbocycles. The van der Waals surface area contributed by atoms with Crippen molar-refractivity contribution in [3.05, 3.63) is 22.2 Å². The maximum Gasteiger partial charge on any atom is 0.320 e. The predicted octanol–water partition coefficient (Wildman–Crippen LogP) is 3.83. The van der Waals surface area contributed by atoms with Crippen LogP contribution >= 0.6 is 15.9 Å². The topological polar surface area (TPSA) is 67.8 Å². The Morgan fingerprint density at radius 3 is 2.43 bits per heavy atom. The minimum atomic E-state index is -0.841. The first-order valence-corrected chi connectivity index (χ1v) is 8.53. The number of nitrogens with one attached hydrogen (secondary N) is 1. The molecule has 0 saturated heterocycles. The molecule has 1 unspecified atom stereocenters. The number of carboxylic acids is 1. The van der Waals surface area contributed by atoms with Crippen molar-refractivity contribution in [3.63, 3.8) is 0 Å². The standard InChI is InChI=1S/C17H26BrNO4/c1-10(2)6-14(17(20)21)19-9-12-7-13(18)8-15(22-5)16(12)23-11(3)4/h7-8,10-11,14,19H,6,9H2,1-5H3,(H,20,21). The van der Waals surface area contributed by atoms with Gasteiger partial charge in [0.25, 0.3) is 0 Å². The molecule has 1 atom stereocenters. The largest absolute Gasteiger partial charge is 0.493 e. The van der Waals surface area contributed by atoms with Crippen LogP contribution in [-0.2, 0) is 11.3 Å². The lowest BCUT2D eigenvalue weighted by molar-refractivity contribution is -0.140. The van der Waals surface area contributed by atoms with Crippen LogP contribution in [0.5, 0.6) is 11.5 Å². The fraction of sp³-hybridized carbons (Fsp3) is 0.588. The lowest BCUT2D eigenvalue weighted by Crippen LogP contribution is -2.37. The van der Waals surface area contributed by atoms with Crippen LogP contribution < -0.4 is 14.8 Å².